The van der Waals surface area contributed by atoms with Gasteiger partial charge in [-0.2, -0.15) is 0 Å². The van der Waals surface area contributed by atoms with Crippen LogP contribution in [0.2, 0.25) is 0 Å². The number of unbranched alkanes of at least 4 members (excludes halogenated alkanes) is 15. The molecule has 0 aromatic rings. The lowest BCUT2D eigenvalue weighted by atomic mass is 10.1. The minimum atomic E-state index is -0.810. The number of allylic oxidation sites excluding steroid dienone is 12. The zero-order valence-electron chi connectivity index (χ0n) is 35.0. The van der Waals surface area contributed by atoms with Crippen LogP contribution in [0.4, 0.5) is 0 Å². The van der Waals surface area contributed by atoms with Gasteiger partial charge in [-0.05, 0) is 70.6 Å². The lowest BCUT2D eigenvalue weighted by Gasteiger charge is -2.18. The zero-order valence-corrected chi connectivity index (χ0v) is 35.0. The van der Waals surface area contributed by atoms with Crippen molar-refractivity contribution >= 4 is 17.9 Å². The van der Waals surface area contributed by atoms with Gasteiger partial charge in [-0.3, -0.25) is 14.4 Å². The molecule has 0 aliphatic carbocycles. The highest BCUT2D eigenvalue weighted by Gasteiger charge is 2.19. The molecule has 1 atom stereocenters. The molecule has 0 saturated heterocycles. The van der Waals surface area contributed by atoms with E-state index in [-0.39, 0.29) is 37.5 Å². The van der Waals surface area contributed by atoms with Crippen LogP contribution in [0.25, 0.3) is 0 Å². The van der Waals surface area contributed by atoms with Crippen LogP contribution in [0.15, 0.2) is 72.9 Å². The standard InChI is InChI=1S/C48H80O6/c1-4-7-10-13-16-19-21-22-23-24-25-27-29-32-35-38-41-47(50)53-44-45(43-52-46(49)40-37-34-31-28-18-15-12-9-6-3)54-48(51)42-39-36-33-30-26-20-17-14-11-8-5-2/h7,10,16,19,22-23,25,27-28,31-32,35,45H,4-6,8-9,11-15,17-18,20-21,24,26,29-30,33-34,36-44H2,1-3H3/b10-7-,19-16-,23-22-,27-25-,31-28-,35-32-. The molecule has 54 heavy (non-hydrogen) atoms. The lowest BCUT2D eigenvalue weighted by Crippen LogP contribution is -2.30. The molecule has 0 bridgehead atoms. The van der Waals surface area contributed by atoms with E-state index < -0.39 is 6.10 Å². The Hall–Kier alpha value is -3.15. The second kappa shape index (κ2) is 42.6. The predicted octanol–water partition coefficient (Wildman–Crippen LogP) is 13.9. The molecule has 0 aliphatic heterocycles. The van der Waals surface area contributed by atoms with E-state index >= 15 is 0 Å². The van der Waals surface area contributed by atoms with Gasteiger partial charge in [0.2, 0.25) is 0 Å². The maximum absolute atomic E-state index is 12.7. The fourth-order valence-electron chi connectivity index (χ4n) is 5.67. The highest BCUT2D eigenvalue weighted by molar-refractivity contribution is 5.71. The van der Waals surface area contributed by atoms with Crippen molar-refractivity contribution in [2.75, 3.05) is 13.2 Å². The van der Waals surface area contributed by atoms with Crippen LogP contribution in [-0.2, 0) is 28.6 Å². The molecule has 0 amide bonds. The Balaban J connectivity index is 4.50. The number of carbonyl (C=O) groups excluding carboxylic acids is 3. The Labute approximate surface area is 332 Å². The second-order valence-corrected chi connectivity index (χ2v) is 14.2. The molecular weight excluding hydrogens is 673 g/mol. The van der Waals surface area contributed by atoms with E-state index in [1.807, 2.05) is 12.2 Å². The summed E-state index contributed by atoms with van der Waals surface area (Å²) in [5.41, 5.74) is 0. The third-order valence-electron chi connectivity index (χ3n) is 8.96. The van der Waals surface area contributed by atoms with Gasteiger partial charge in [0.25, 0.3) is 0 Å². The van der Waals surface area contributed by atoms with Crippen molar-refractivity contribution in [3.8, 4) is 0 Å². The van der Waals surface area contributed by atoms with E-state index in [1.165, 1.54) is 77.0 Å². The van der Waals surface area contributed by atoms with Crippen LogP contribution in [-0.4, -0.2) is 37.2 Å². The van der Waals surface area contributed by atoms with Gasteiger partial charge in [-0.1, -0.05) is 177 Å². The van der Waals surface area contributed by atoms with Gasteiger partial charge in [0.1, 0.15) is 13.2 Å². The first kappa shape index (κ1) is 50.9. The number of hydrogen-bond donors (Lipinski definition) is 0. The molecule has 308 valence electrons. The monoisotopic (exact) mass is 753 g/mol. The molecule has 0 aromatic carbocycles. The van der Waals surface area contributed by atoms with E-state index in [0.717, 1.165) is 64.2 Å². The molecule has 1 unspecified atom stereocenters. The maximum Gasteiger partial charge on any atom is 0.306 e. The topological polar surface area (TPSA) is 78.9 Å². The number of hydrogen-bond acceptors (Lipinski definition) is 6. The smallest absolute Gasteiger partial charge is 0.306 e. The van der Waals surface area contributed by atoms with Gasteiger partial charge in [0.15, 0.2) is 6.10 Å². The zero-order chi connectivity index (χ0) is 39.4. The van der Waals surface area contributed by atoms with Crippen molar-refractivity contribution in [2.45, 2.75) is 200 Å². The highest BCUT2D eigenvalue weighted by atomic mass is 16.6. The molecule has 0 N–H and O–H groups in total. The summed E-state index contributed by atoms with van der Waals surface area (Å²) in [7, 11) is 0. The van der Waals surface area contributed by atoms with Gasteiger partial charge >= 0.3 is 17.9 Å². The van der Waals surface area contributed by atoms with Crippen LogP contribution in [0.3, 0.4) is 0 Å². The summed E-state index contributed by atoms with van der Waals surface area (Å²) in [6, 6.07) is 0. The Bertz CT molecular complexity index is 1050. The Morgan fingerprint density at radius 3 is 1.30 bits per heavy atom. The summed E-state index contributed by atoms with van der Waals surface area (Å²) in [6.07, 6.45) is 51.9. The molecule has 6 nitrogen and oxygen atoms in total. The van der Waals surface area contributed by atoms with Gasteiger partial charge in [-0.15, -0.1) is 0 Å². The third-order valence-corrected chi connectivity index (χ3v) is 8.96. The highest BCUT2D eigenvalue weighted by Crippen LogP contribution is 2.13. The van der Waals surface area contributed by atoms with Crippen LogP contribution in [0.5, 0.6) is 0 Å². The first-order chi connectivity index (χ1) is 26.5. The fourth-order valence-corrected chi connectivity index (χ4v) is 5.67. The quantitative estimate of drug-likeness (QED) is 0.0270. The molecule has 0 rings (SSSR count). The van der Waals surface area contributed by atoms with E-state index in [2.05, 4.69) is 81.5 Å². The van der Waals surface area contributed by atoms with Crippen molar-refractivity contribution < 1.29 is 28.6 Å². The van der Waals surface area contributed by atoms with Crippen molar-refractivity contribution in [2.24, 2.45) is 0 Å². The van der Waals surface area contributed by atoms with Crippen LogP contribution >= 0.6 is 0 Å². The molecule has 0 aromatic heterocycles. The summed E-state index contributed by atoms with van der Waals surface area (Å²) >= 11 is 0. The van der Waals surface area contributed by atoms with Gasteiger partial charge in [0, 0.05) is 19.3 Å². The largest absolute Gasteiger partial charge is 0.462 e. The van der Waals surface area contributed by atoms with Crippen LogP contribution < -0.4 is 0 Å². The van der Waals surface area contributed by atoms with Crippen molar-refractivity contribution in [3.63, 3.8) is 0 Å². The average Bonchev–Trinajstić information content (AvgIpc) is 3.17. The molecule has 0 saturated carbocycles. The van der Waals surface area contributed by atoms with Gasteiger partial charge < -0.3 is 14.2 Å². The molecule has 0 aliphatic rings. The van der Waals surface area contributed by atoms with Crippen LogP contribution in [0.1, 0.15) is 194 Å². The summed E-state index contributed by atoms with van der Waals surface area (Å²) in [6.45, 7) is 6.36. The number of esters is 3. The summed E-state index contributed by atoms with van der Waals surface area (Å²) in [5.74, 6) is -1.04. The number of carbonyl (C=O) groups is 3. The Morgan fingerprint density at radius 1 is 0.389 bits per heavy atom. The summed E-state index contributed by atoms with van der Waals surface area (Å²) in [5, 5.41) is 0. The Kier molecular flexibility index (Phi) is 40.1. The molecular formula is C48H80O6. The number of rotatable bonds is 38. The van der Waals surface area contributed by atoms with E-state index in [9.17, 15) is 14.4 Å². The molecule has 0 radical (unpaired) electrons. The lowest BCUT2D eigenvalue weighted by molar-refractivity contribution is -0.166. The molecule has 0 spiro atoms. The average molecular weight is 753 g/mol. The van der Waals surface area contributed by atoms with Gasteiger partial charge in [-0.25, -0.2) is 0 Å². The Morgan fingerprint density at radius 2 is 0.778 bits per heavy atom. The first-order valence-corrected chi connectivity index (χ1v) is 21.9. The number of ether oxygens (including phenoxy) is 3. The van der Waals surface area contributed by atoms with Crippen molar-refractivity contribution in [1.29, 1.82) is 0 Å². The van der Waals surface area contributed by atoms with E-state index in [0.29, 0.717) is 25.7 Å². The molecule has 6 heteroatoms. The second-order valence-electron chi connectivity index (χ2n) is 14.2. The van der Waals surface area contributed by atoms with Crippen molar-refractivity contribution in [3.05, 3.63) is 72.9 Å². The minimum Gasteiger partial charge on any atom is -0.462 e. The van der Waals surface area contributed by atoms with Gasteiger partial charge in [0.05, 0.1) is 0 Å². The third kappa shape index (κ3) is 40.0. The molecule has 0 heterocycles. The summed E-state index contributed by atoms with van der Waals surface area (Å²) < 4.78 is 16.5. The van der Waals surface area contributed by atoms with Crippen LogP contribution in [0, 0.1) is 0 Å². The predicted molar refractivity (Wildman–Crippen MR) is 228 cm³/mol. The maximum atomic E-state index is 12.7. The minimum absolute atomic E-state index is 0.113. The fraction of sp³-hybridized carbons (Fsp3) is 0.688. The normalized spacial score (nSPS) is 12.7. The molecule has 0 fully saturated rings. The van der Waals surface area contributed by atoms with E-state index in [4.69, 9.17) is 14.2 Å². The van der Waals surface area contributed by atoms with Crippen molar-refractivity contribution in [1.82, 2.24) is 0 Å². The first-order valence-electron chi connectivity index (χ1n) is 21.9. The summed E-state index contributed by atoms with van der Waals surface area (Å²) in [4.78, 5) is 37.6. The van der Waals surface area contributed by atoms with E-state index in [1.54, 1.807) is 0 Å². The SMILES string of the molecule is CC/C=C\C/C=C\C/C=C\C/C=C\C/C=C\CCC(=O)OCC(COC(=O)CCC/C=C\CCCCCC)OC(=O)CCCCCCCCCCCCC.